The van der Waals surface area contributed by atoms with Gasteiger partial charge in [0.1, 0.15) is 17.9 Å². The Kier molecular flexibility index (Phi) is 4.95. The number of hydrogen-bond acceptors (Lipinski definition) is 4. The number of carboxylic acid groups (broad SMARTS) is 1. The van der Waals surface area contributed by atoms with Gasteiger partial charge in [-0.25, -0.2) is 4.79 Å². The summed E-state index contributed by atoms with van der Waals surface area (Å²) in [7, 11) is 0. The molecule has 0 bridgehead atoms. The number of pyridine rings is 1. The second-order valence-corrected chi connectivity index (χ2v) is 6.05. The van der Waals surface area contributed by atoms with Crippen LogP contribution in [0.5, 0.6) is 5.75 Å². The van der Waals surface area contributed by atoms with E-state index in [2.05, 4.69) is 4.98 Å². The Balaban J connectivity index is 1.81. The van der Waals surface area contributed by atoms with Crippen LogP contribution in [0.1, 0.15) is 21.6 Å². The van der Waals surface area contributed by atoms with Crippen LogP contribution >= 0.6 is 0 Å². The first-order valence-corrected chi connectivity index (χ1v) is 8.09. The molecule has 3 aromatic rings. The Morgan fingerprint density at radius 3 is 2.72 bits per heavy atom. The monoisotopic (exact) mass is 336 g/mol. The van der Waals surface area contributed by atoms with E-state index in [0.29, 0.717) is 17.6 Å². The number of hydrogen-bond donors (Lipinski definition) is 2. The Bertz CT molecular complexity index is 894. The van der Waals surface area contributed by atoms with E-state index in [-0.39, 0.29) is 18.2 Å². The van der Waals surface area contributed by atoms with Crippen molar-refractivity contribution in [1.82, 2.24) is 4.98 Å². The van der Waals surface area contributed by atoms with E-state index >= 15 is 0 Å². The Labute approximate surface area is 146 Å². The van der Waals surface area contributed by atoms with E-state index in [4.69, 9.17) is 10.5 Å². The molecule has 25 heavy (non-hydrogen) atoms. The third kappa shape index (κ3) is 3.95. The van der Waals surface area contributed by atoms with Gasteiger partial charge in [0.05, 0.1) is 0 Å². The molecule has 0 saturated heterocycles. The van der Waals surface area contributed by atoms with E-state index in [1.54, 1.807) is 18.3 Å². The van der Waals surface area contributed by atoms with Gasteiger partial charge in [0, 0.05) is 28.7 Å². The summed E-state index contributed by atoms with van der Waals surface area (Å²) in [5.41, 5.74) is 8.16. The van der Waals surface area contributed by atoms with E-state index < -0.39 is 5.97 Å². The SMILES string of the molecule is Cc1cc2c(C(=O)O)c(OCC(N)Cc3ccccc3)ccc2cn1. The van der Waals surface area contributed by atoms with Crippen LogP contribution < -0.4 is 10.5 Å². The van der Waals surface area contributed by atoms with Crippen LogP contribution in [0.3, 0.4) is 0 Å². The van der Waals surface area contributed by atoms with E-state index in [1.807, 2.05) is 43.3 Å². The van der Waals surface area contributed by atoms with Gasteiger partial charge in [0.25, 0.3) is 0 Å². The van der Waals surface area contributed by atoms with Crippen LogP contribution in [-0.2, 0) is 6.42 Å². The van der Waals surface area contributed by atoms with Gasteiger partial charge in [-0.3, -0.25) is 4.98 Å². The summed E-state index contributed by atoms with van der Waals surface area (Å²) >= 11 is 0. The van der Waals surface area contributed by atoms with Crippen molar-refractivity contribution in [3.05, 3.63) is 71.5 Å². The average Bonchev–Trinajstić information content (AvgIpc) is 2.59. The van der Waals surface area contributed by atoms with Gasteiger partial charge < -0.3 is 15.6 Å². The molecule has 0 aliphatic rings. The van der Waals surface area contributed by atoms with Crippen molar-refractivity contribution in [2.45, 2.75) is 19.4 Å². The summed E-state index contributed by atoms with van der Waals surface area (Å²) in [6, 6.07) is 14.9. The van der Waals surface area contributed by atoms with Crippen LogP contribution in [0.25, 0.3) is 10.8 Å². The number of fused-ring (bicyclic) bond motifs is 1. The maximum Gasteiger partial charge on any atom is 0.340 e. The first kappa shape index (κ1) is 16.9. The minimum Gasteiger partial charge on any atom is -0.491 e. The lowest BCUT2D eigenvalue weighted by Crippen LogP contribution is -2.30. The number of benzene rings is 2. The summed E-state index contributed by atoms with van der Waals surface area (Å²) in [5.74, 6) is -0.697. The molecule has 0 radical (unpaired) electrons. The maximum absolute atomic E-state index is 11.8. The molecule has 0 aliphatic carbocycles. The smallest absolute Gasteiger partial charge is 0.340 e. The molecule has 0 saturated carbocycles. The quantitative estimate of drug-likeness (QED) is 0.722. The number of carbonyl (C=O) groups is 1. The van der Waals surface area contributed by atoms with Crippen LogP contribution in [0.15, 0.2) is 54.7 Å². The lowest BCUT2D eigenvalue weighted by atomic mass is 10.0. The fourth-order valence-electron chi connectivity index (χ4n) is 2.81. The Hall–Kier alpha value is -2.92. The highest BCUT2D eigenvalue weighted by molar-refractivity contribution is 6.06. The second-order valence-electron chi connectivity index (χ2n) is 6.05. The zero-order valence-electron chi connectivity index (χ0n) is 14.0. The fraction of sp³-hybridized carbons (Fsp3) is 0.200. The molecular weight excluding hydrogens is 316 g/mol. The molecule has 1 unspecified atom stereocenters. The standard InChI is InChI=1S/C20H20N2O3/c1-13-9-17-15(11-22-13)7-8-18(19(17)20(23)24)25-12-16(21)10-14-5-3-2-4-6-14/h2-9,11,16H,10,12,21H2,1H3,(H,23,24). The van der Waals surface area contributed by atoms with Gasteiger partial charge in [-0.15, -0.1) is 0 Å². The highest BCUT2D eigenvalue weighted by atomic mass is 16.5. The van der Waals surface area contributed by atoms with Gasteiger partial charge in [-0.05, 0) is 37.1 Å². The predicted octanol–water partition coefficient (Wildman–Crippen LogP) is 3.19. The number of ether oxygens (including phenoxy) is 1. The highest BCUT2D eigenvalue weighted by Gasteiger charge is 2.17. The lowest BCUT2D eigenvalue weighted by molar-refractivity contribution is 0.0694. The van der Waals surface area contributed by atoms with Crippen molar-refractivity contribution >= 4 is 16.7 Å². The van der Waals surface area contributed by atoms with Crippen molar-refractivity contribution in [2.24, 2.45) is 5.73 Å². The second kappa shape index (κ2) is 7.32. The van der Waals surface area contributed by atoms with E-state index in [9.17, 15) is 9.90 Å². The van der Waals surface area contributed by atoms with E-state index in [1.165, 1.54) is 0 Å². The molecule has 3 rings (SSSR count). The fourth-order valence-corrected chi connectivity index (χ4v) is 2.81. The molecule has 0 aliphatic heterocycles. The molecule has 1 heterocycles. The molecule has 0 spiro atoms. The molecule has 3 N–H and O–H groups in total. The summed E-state index contributed by atoms with van der Waals surface area (Å²) in [6.45, 7) is 2.07. The van der Waals surface area contributed by atoms with Crippen molar-refractivity contribution in [1.29, 1.82) is 0 Å². The summed E-state index contributed by atoms with van der Waals surface area (Å²) in [5, 5.41) is 11.0. The average molecular weight is 336 g/mol. The van der Waals surface area contributed by atoms with Gasteiger partial charge >= 0.3 is 5.97 Å². The number of nitrogens with two attached hydrogens (primary N) is 1. The molecular formula is C20H20N2O3. The maximum atomic E-state index is 11.8. The molecule has 2 aromatic carbocycles. The Morgan fingerprint density at radius 1 is 1.24 bits per heavy atom. The zero-order chi connectivity index (χ0) is 17.8. The highest BCUT2D eigenvalue weighted by Crippen LogP contribution is 2.28. The molecule has 128 valence electrons. The van der Waals surface area contributed by atoms with E-state index in [0.717, 1.165) is 16.6 Å². The van der Waals surface area contributed by atoms with Gasteiger partial charge in [0.15, 0.2) is 0 Å². The van der Waals surface area contributed by atoms with Crippen LogP contribution in [0, 0.1) is 6.92 Å². The third-order valence-electron chi connectivity index (χ3n) is 4.01. The molecule has 0 fully saturated rings. The number of carboxylic acids is 1. The van der Waals surface area contributed by atoms with Crippen molar-refractivity contribution in [3.63, 3.8) is 0 Å². The molecule has 5 nitrogen and oxygen atoms in total. The molecule has 1 aromatic heterocycles. The number of aryl methyl sites for hydroxylation is 1. The largest absolute Gasteiger partial charge is 0.491 e. The number of aromatic nitrogens is 1. The first-order chi connectivity index (χ1) is 12.0. The summed E-state index contributed by atoms with van der Waals surface area (Å²) < 4.78 is 5.75. The topological polar surface area (TPSA) is 85.4 Å². The van der Waals surface area contributed by atoms with Crippen molar-refractivity contribution < 1.29 is 14.6 Å². The third-order valence-corrected chi connectivity index (χ3v) is 4.01. The molecule has 5 heteroatoms. The van der Waals surface area contributed by atoms with Crippen LogP contribution in [0.2, 0.25) is 0 Å². The minimum absolute atomic E-state index is 0.148. The Morgan fingerprint density at radius 2 is 2.00 bits per heavy atom. The number of nitrogens with zero attached hydrogens (tertiary/aromatic N) is 1. The van der Waals surface area contributed by atoms with Crippen LogP contribution in [0.4, 0.5) is 0 Å². The molecule has 1 atom stereocenters. The van der Waals surface area contributed by atoms with Gasteiger partial charge in [-0.2, -0.15) is 0 Å². The van der Waals surface area contributed by atoms with Gasteiger partial charge in [-0.1, -0.05) is 30.3 Å². The zero-order valence-corrected chi connectivity index (χ0v) is 14.0. The first-order valence-electron chi connectivity index (χ1n) is 8.09. The minimum atomic E-state index is -1.03. The predicted molar refractivity (Wildman–Crippen MR) is 97.1 cm³/mol. The normalized spacial score (nSPS) is 12.1. The van der Waals surface area contributed by atoms with Crippen LogP contribution in [-0.4, -0.2) is 28.7 Å². The summed E-state index contributed by atoms with van der Waals surface area (Å²) in [4.78, 5) is 16.0. The van der Waals surface area contributed by atoms with Crippen molar-refractivity contribution in [2.75, 3.05) is 6.61 Å². The molecule has 0 amide bonds. The van der Waals surface area contributed by atoms with Gasteiger partial charge in [0.2, 0.25) is 0 Å². The summed E-state index contributed by atoms with van der Waals surface area (Å²) in [6.07, 6.45) is 2.34. The number of aromatic carboxylic acids is 1. The number of rotatable bonds is 6. The lowest BCUT2D eigenvalue weighted by Gasteiger charge is -2.16. The van der Waals surface area contributed by atoms with Crippen molar-refractivity contribution in [3.8, 4) is 5.75 Å².